The highest BCUT2D eigenvalue weighted by Crippen LogP contribution is 2.11. The summed E-state index contributed by atoms with van der Waals surface area (Å²) in [6.45, 7) is 6.60. The van der Waals surface area contributed by atoms with Gasteiger partial charge in [-0.3, -0.25) is 0 Å². The van der Waals surface area contributed by atoms with E-state index in [2.05, 4.69) is 46.7 Å². The third-order valence-electron chi connectivity index (χ3n) is 1.63. The van der Waals surface area contributed by atoms with Crippen molar-refractivity contribution >= 4 is 28.7 Å². The van der Waals surface area contributed by atoms with Crippen LogP contribution in [0.1, 0.15) is 20.8 Å². The zero-order valence-electron chi connectivity index (χ0n) is 8.76. The maximum atomic E-state index is 11.0. The number of nitrogens with one attached hydrogen (secondary N) is 1. The third kappa shape index (κ3) is 6.08. The predicted molar refractivity (Wildman–Crippen MR) is 65.4 cm³/mol. The molecule has 1 N–H and O–H groups in total. The normalized spacial score (nSPS) is 13.4. The fraction of sp³-hybridized carbons (Fsp3) is 0.700. The summed E-state index contributed by atoms with van der Waals surface area (Å²) in [7, 11) is 0. The Hall–Kier alpha value is -0.440. The van der Waals surface area contributed by atoms with Gasteiger partial charge in [0.25, 0.3) is 0 Å². The van der Waals surface area contributed by atoms with Crippen LogP contribution in [0.5, 0.6) is 0 Å². The average Bonchev–Trinajstić information content (AvgIpc) is 2.12. The van der Waals surface area contributed by atoms with Crippen LogP contribution >= 0.6 is 22.6 Å². The maximum Gasteiger partial charge on any atom is 0.407 e. The van der Waals surface area contributed by atoms with Gasteiger partial charge in [0.1, 0.15) is 0 Å². The van der Waals surface area contributed by atoms with E-state index in [0.29, 0.717) is 17.1 Å². The summed E-state index contributed by atoms with van der Waals surface area (Å²) < 4.78 is 5.15. The molecule has 0 aromatic heterocycles. The molecule has 0 rings (SSSR count). The number of amides is 1. The standard InChI is InChI=1S/C10H16INO2/c1-4-6-9(8(3)11)7-12-10(13)14-5-2/h8-9H,5,7H2,1-3H3,(H,12,13). The van der Waals surface area contributed by atoms with Crippen LogP contribution in [0.2, 0.25) is 0 Å². The Morgan fingerprint density at radius 3 is 2.71 bits per heavy atom. The summed E-state index contributed by atoms with van der Waals surface area (Å²) in [6, 6.07) is 0. The lowest BCUT2D eigenvalue weighted by Gasteiger charge is -2.13. The van der Waals surface area contributed by atoms with Crippen molar-refractivity contribution in [3.63, 3.8) is 0 Å². The lowest BCUT2D eigenvalue weighted by molar-refractivity contribution is 0.151. The van der Waals surface area contributed by atoms with Gasteiger partial charge < -0.3 is 10.1 Å². The van der Waals surface area contributed by atoms with Crippen molar-refractivity contribution in [3.05, 3.63) is 0 Å². The number of alkyl halides is 1. The van der Waals surface area contributed by atoms with Gasteiger partial charge in [0.05, 0.1) is 6.61 Å². The Morgan fingerprint density at radius 1 is 1.64 bits per heavy atom. The zero-order valence-corrected chi connectivity index (χ0v) is 10.9. The Kier molecular flexibility index (Phi) is 7.67. The Balaban J connectivity index is 3.92. The molecule has 0 aliphatic heterocycles. The molecule has 0 aromatic carbocycles. The molecular formula is C10H16INO2. The quantitative estimate of drug-likeness (QED) is 0.491. The van der Waals surface area contributed by atoms with Crippen LogP contribution < -0.4 is 5.32 Å². The number of ether oxygens (including phenoxy) is 1. The van der Waals surface area contributed by atoms with Gasteiger partial charge in [0.15, 0.2) is 0 Å². The Bertz CT molecular complexity index is 230. The lowest BCUT2D eigenvalue weighted by Crippen LogP contribution is -2.32. The topological polar surface area (TPSA) is 38.3 Å². The lowest BCUT2D eigenvalue weighted by atomic mass is 10.1. The molecule has 0 aliphatic carbocycles. The minimum atomic E-state index is -0.368. The van der Waals surface area contributed by atoms with Gasteiger partial charge >= 0.3 is 6.09 Å². The zero-order chi connectivity index (χ0) is 11.0. The first-order chi connectivity index (χ1) is 6.61. The van der Waals surface area contributed by atoms with Gasteiger partial charge in [-0.2, -0.15) is 0 Å². The third-order valence-corrected chi connectivity index (χ3v) is 2.49. The summed E-state index contributed by atoms with van der Waals surface area (Å²) in [5, 5.41) is 2.68. The molecule has 0 fully saturated rings. The molecule has 0 radical (unpaired) electrons. The fourth-order valence-corrected chi connectivity index (χ4v) is 1.32. The number of carbonyl (C=O) groups is 1. The van der Waals surface area contributed by atoms with Gasteiger partial charge in [-0.15, -0.1) is 5.92 Å². The molecule has 4 heteroatoms. The van der Waals surface area contributed by atoms with E-state index in [4.69, 9.17) is 4.74 Å². The fourth-order valence-electron chi connectivity index (χ4n) is 0.889. The molecule has 14 heavy (non-hydrogen) atoms. The molecule has 0 heterocycles. The second-order valence-corrected chi connectivity index (χ2v) is 4.74. The number of carbonyl (C=O) groups excluding carboxylic acids is 1. The summed E-state index contributed by atoms with van der Waals surface area (Å²) in [4.78, 5) is 11.0. The number of rotatable bonds is 4. The van der Waals surface area contributed by atoms with Crippen LogP contribution in [0.4, 0.5) is 4.79 Å². The molecule has 0 aromatic rings. The van der Waals surface area contributed by atoms with Crippen LogP contribution in [0, 0.1) is 17.8 Å². The van der Waals surface area contributed by atoms with Crippen LogP contribution in [-0.2, 0) is 4.74 Å². The van der Waals surface area contributed by atoms with Crippen molar-refractivity contribution in [3.8, 4) is 11.8 Å². The largest absolute Gasteiger partial charge is 0.450 e. The summed E-state index contributed by atoms with van der Waals surface area (Å²) >= 11 is 2.30. The monoisotopic (exact) mass is 309 g/mol. The molecule has 1 amide bonds. The van der Waals surface area contributed by atoms with Crippen molar-refractivity contribution in [1.29, 1.82) is 0 Å². The van der Waals surface area contributed by atoms with E-state index >= 15 is 0 Å². The van der Waals surface area contributed by atoms with Crippen molar-refractivity contribution in [1.82, 2.24) is 5.32 Å². The second kappa shape index (κ2) is 7.92. The molecule has 0 spiro atoms. The van der Waals surface area contributed by atoms with E-state index in [1.54, 1.807) is 13.8 Å². The minimum Gasteiger partial charge on any atom is -0.450 e. The van der Waals surface area contributed by atoms with Crippen LogP contribution in [0.15, 0.2) is 0 Å². The summed E-state index contributed by atoms with van der Waals surface area (Å²) in [5.41, 5.74) is 0. The molecule has 0 saturated heterocycles. The second-order valence-electron chi connectivity index (χ2n) is 2.78. The molecule has 0 saturated carbocycles. The van der Waals surface area contributed by atoms with E-state index in [1.165, 1.54) is 0 Å². The van der Waals surface area contributed by atoms with Crippen molar-refractivity contribution in [2.75, 3.05) is 13.2 Å². The molecule has 0 bridgehead atoms. The van der Waals surface area contributed by atoms with Crippen molar-refractivity contribution in [2.45, 2.75) is 24.7 Å². The van der Waals surface area contributed by atoms with E-state index in [9.17, 15) is 4.79 Å². The van der Waals surface area contributed by atoms with Gasteiger partial charge in [0, 0.05) is 16.4 Å². The first-order valence-corrected chi connectivity index (χ1v) is 5.83. The Labute approximate surface area is 99.1 Å². The number of hydrogen-bond donors (Lipinski definition) is 1. The molecule has 80 valence electrons. The SMILES string of the molecule is CC#CC(CNC(=O)OCC)C(C)I. The van der Waals surface area contributed by atoms with Crippen LogP contribution in [0.3, 0.4) is 0 Å². The highest BCUT2D eigenvalue weighted by Gasteiger charge is 2.12. The molecule has 0 aliphatic rings. The van der Waals surface area contributed by atoms with Gasteiger partial charge in [-0.25, -0.2) is 4.79 Å². The van der Waals surface area contributed by atoms with Crippen molar-refractivity contribution < 1.29 is 9.53 Å². The van der Waals surface area contributed by atoms with E-state index < -0.39 is 0 Å². The van der Waals surface area contributed by atoms with Crippen LogP contribution in [-0.4, -0.2) is 23.2 Å². The predicted octanol–water partition coefficient (Wildman–Crippen LogP) is 2.20. The average molecular weight is 309 g/mol. The smallest absolute Gasteiger partial charge is 0.407 e. The number of hydrogen-bond acceptors (Lipinski definition) is 2. The molecule has 3 nitrogen and oxygen atoms in total. The minimum absolute atomic E-state index is 0.185. The maximum absolute atomic E-state index is 11.0. The van der Waals surface area contributed by atoms with Gasteiger partial charge in [0.2, 0.25) is 0 Å². The van der Waals surface area contributed by atoms with E-state index in [1.807, 2.05) is 0 Å². The van der Waals surface area contributed by atoms with Crippen molar-refractivity contribution in [2.24, 2.45) is 5.92 Å². The first-order valence-electron chi connectivity index (χ1n) is 4.58. The summed E-state index contributed by atoms with van der Waals surface area (Å²) in [6.07, 6.45) is -0.368. The highest BCUT2D eigenvalue weighted by molar-refractivity contribution is 14.1. The molecular weight excluding hydrogens is 293 g/mol. The van der Waals surface area contributed by atoms with Gasteiger partial charge in [-0.1, -0.05) is 35.4 Å². The van der Waals surface area contributed by atoms with Crippen LogP contribution in [0.25, 0.3) is 0 Å². The molecule has 2 atom stereocenters. The number of halogens is 1. The highest BCUT2D eigenvalue weighted by atomic mass is 127. The molecule has 2 unspecified atom stereocenters. The van der Waals surface area contributed by atoms with E-state index in [0.717, 1.165) is 0 Å². The number of alkyl carbamates (subject to hydrolysis) is 1. The Morgan fingerprint density at radius 2 is 2.29 bits per heavy atom. The van der Waals surface area contributed by atoms with Gasteiger partial charge in [-0.05, 0) is 13.8 Å². The van der Waals surface area contributed by atoms with E-state index in [-0.39, 0.29) is 12.0 Å². The first kappa shape index (κ1) is 13.6. The summed E-state index contributed by atoms with van der Waals surface area (Å²) in [5.74, 6) is 6.09.